The Bertz CT molecular complexity index is 624. The van der Waals surface area contributed by atoms with Crippen LogP contribution in [-0.4, -0.2) is 34.3 Å². The monoisotopic (exact) mass is 290 g/mol. The van der Waals surface area contributed by atoms with E-state index in [1.54, 1.807) is 0 Å². The number of carbonyl (C=O) groups is 1. The number of nitrogens with one attached hydrogen (secondary N) is 2. The maximum atomic E-state index is 11.8. The maximum absolute atomic E-state index is 11.8. The Morgan fingerprint density at radius 3 is 2.90 bits per heavy atom. The lowest BCUT2D eigenvalue weighted by Gasteiger charge is -2.10. The van der Waals surface area contributed by atoms with E-state index in [0.29, 0.717) is 12.4 Å². The quantitative estimate of drug-likeness (QED) is 0.847. The van der Waals surface area contributed by atoms with Crippen molar-refractivity contribution in [1.29, 1.82) is 0 Å². The lowest BCUT2D eigenvalue weighted by atomic mass is 10.1. The van der Waals surface area contributed by atoms with Gasteiger partial charge in [0.1, 0.15) is 5.75 Å². The number of nitrogens with zero attached hydrogens (tertiary/aromatic N) is 2. The highest BCUT2D eigenvalue weighted by Gasteiger charge is 2.09. The summed E-state index contributed by atoms with van der Waals surface area (Å²) in [7, 11) is 0. The number of hydrogen-bond acceptors (Lipinski definition) is 5. The highest BCUT2D eigenvalue weighted by molar-refractivity contribution is 5.90. The molecule has 0 spiro atoms. The molecule has 1 heterocycles. The number of aryl methyl sites for hydroxylation is 1. The predicted molar refractivity (Wildman–Crippen MR) is 77.6 cm³/mol. The van der Waals surface area contributed by atoms with Crippen LogP contribution in [0.1, 0.15) is 18.1 Å². The van der Waals surface area contributed by atoms with Gasteiger partial charge in [-0.25, -0.2) is 5.10 Å². The molecule has 0 aliphatic carbocycles. The maximum Gasteiger partial charge on any atom is 0.337 e. The molecule has 0 saturated heterocycles. The Morgan fingerprint density at radius 2 is 2.14 bits per heavy atom. The van der Waals surface area contributed by atoms with Gasteiger partial charge in [0.05, 0.1) is 6.61 Å². The molecule has 0 unspecified atom stereocenters. The fourth-order valence-electron chi connectivity index (χ4n) is 1.69. The number of aromatic nitrogens is 3. The molecule has 1 aromatic carbocycles. The molecule has 0 saturated carbocycles. The van der Waals surface area contributed by atoms with E-state index in [0.717, 1.165) is 11.1 Å². The zero-order valence-corrected chi connectivity index (χ0v) is 12.3. The van der Waals surface area contributed by atoms with Crippen molar-refractivity contribution in [3.8, 4) is 11.8 Å². The van der Waals surface area contributed by atoms with Gasteiger partial charge in [0.15, 0.2) is 6.61 Å². The van der Waals surface area contributed by atoms with Crippen molar-refractivity contribution in [1.82, 2.24) is 15.2 Å². The van der Waals surface area contributed by atoms with E-state index in [9.17, 15) is 4.79 Å². The second-order valence-electron chi connectivity index (χ2n) is 4.43. The number of amides is 1. The summed E-state index contributed by atoms with van der Waals surface area (Å²) in [5.74, 6) is 0.598. The summed E-state index contributed by atoms with van der Waals surface area (Å²) in [5.41, 5.74) is 2.13. The summed E-state index contributed by atoms with van der Waals surface area (Å²) in [6.07, 6.45) is 0. The summed E-state index contributed by atoms with van der Waals surface area (Å²) >= 11 is 0. The van der Waals surface area contributed by atoms with Crippen LogP contribution in [0.3, 0.4) is 0 Å². The number of benzene rings is 1. The van der Waals surface area contributed by atoms with E-state index < -0.39 is 0 Å². The van der Waals surface area contributed by atoms with E-state index in [1.807, 2.05) is 39.0 Å². The Hall–Kier alpha value is -2.57. The van der Waals surface area contributed by atoms with Gasteiger partial charge in [0.25, 0.3) is 5.91 Å². The zero-order valence-electron chi connectivity index (χ0n) is 12.3. The molecule has 0 bridgehead atoms. The number of aromatic amines is 1. The summed E-state index contributed by atoms with van der Waals surface area (Å²) in [5, 5.41) is 8.91. The molecule has 0 aliphatic heterocycles. The fourth-order valence-corrected chi connectivity index (χ4v) is 1.69. The molecule has 2 aromatic rings. The molecule has 7 heteroatoms. The van der Waals surface area contributed by atoms with Gasteiger partial charge in [0, 0.05) is 0 Å². The third-order valence-corrected chi connectivity index (χ3v) is 2.91. The second-order valence-corrected chi connectivity index (χ2v) is 4.43. The molecule has 0 aliphatic rings. The van der Waals surface area contributed by atoms with Crippen molar-refractivity contribution >= 4 is 11.9 Å². The first kappa shape index (κ1) is 14.8. The molecular formula is C14H18N4O3. The van der Waals surface area contributed by atoms with E-state index >= 15 is 0 Å². The van der Waals surface area contributed by atoms with Crippen LogP contribution in [0.25, 0.3) is 0 Å². The van der Waals surface area contributed by atoms with Gasteiger partial charge in [-0.1, -0.05) is 12.1 Å². The van der Waals surface area contributed by atoms with Crippen LogP contribution < -0.4 is 14.8 Å². The van der Waals surface area contributed by atoms with Crippen LogP contribution in [0, 0.1) is 13.8 Å². The first-order valence-electron chi connectivity index (χ1n) is 6.64. The Labute approximate surface area is 122 Å². The Morgan fingerprint density at radius 1 is 1.33 bits per heavy atom. The van der Waals surface area contributed by atoms with E-state index in [1.165, 1.54) is 0 Å². The van der Waals surface area contributed by atoms with Gasteiger partial charge < -0.3 is 9.47 Å². The summed E-state index contributed by atoms with van der Waals surface area (Å²) in [4.78, 5) is 15.7. The van der Waals surface area contributed by atoms with Gasteiger partial charge in [-0.15, -0.1) is 5.10 Å². The van der Waals surface area contributed by atoms with Crippen molar-refractivity contribution in [2.45, 2.75) is 20.8 Å². The Balaban J connectivity index is 1.88. The average Bonchev–Trinajstić information content (AvgIpc) is 2.88. The second kappa shape index (κ2) is 6.74. The number of rotatable bonds is 6. The van der Waals surface area contributed by atoms with Gasteiger partial charge in [-0.2, -0.15) is 4.98 Å². The number of hydrogen-bond donors (Lipinski definition) is 2. The number of H-pyrrole nitrogens is 1. The molecular weight excluding hydrogens is 272 g/mol. The first-order chi connectivity index (χ1) is 10.1. The number of ether oxygens (including phenoxy) is 2. The van der Waals surface area contributed by atoms with Gasteiger partial charge in [0.2, 0.25) is 5.95 Å². The van der Waals surface area contributed by atoms with Crippen LogP contribution in [0.4, 0.5) is 5.95 Å². The molecule has 1 amide bonds. The summed E-state index contributed by atoms with van der Waals surface area (Å²) in [6, 6.07) is 5.91. The van der Waals surface area contributed by atoms with E-state index in [2.05, 4.69) is 20.5 Å². The topological polar surface area (TPSA) is 89.1 Å². The van der Waals surface area contributed by atoms with Gasteiger partial charge in [-0.3, -0.25) is 10.1 Å². The zero-order chi connectivity index (χ0) is 15.2. The highest BCUT2D eigenvalue weighted by Crippen LogP contribution is 2.20. The van der Waals surface area contributed by atoms with Gasteiger partial charge in [-0.05, 0) is 38.0 Å². The largest absolute Gasteiger partial charge is 0.483 e. The third kappa shape index (κ3) is 3.95. The van der Waals surface area contributed by atoms with Crippen LogP contribution in [0.2, 0.25) is 0 Å². The van der Waals surface area contributed by atoms with E-state index in [-0.39, 0.29) is 24.5 Å². The van der Waals surface area contributed by atoms with Crippen LogP contribution in [0.15, 0.2) is 18.2 Å². The van der Waals surface area contributed by atoms with Crippen molar-refractivity contribution in [2.75, 3.05) is 18.5 Å². The molecule has 7 nitrogen and oxygen atoms in total. The summed E-state index contributed by atoms with van der Waals surface area (Å²) in [6.45, 7) is 6.13. The molecule has 0 radical (unpaired) electrons. The molecule has 1 aromatic heterocycles. The lowest BCUT2D eigenvalue weighted by Crippen LogP contribution is -2.21. The fraction of sp³-hybridized carbons (Fsp3) is 0.357. The molecule has 0 fully saturated rings. The minimum atomic E-state index is -0.324. The average molecular weight is 290 g/mol. The first-order valence-corrected chi connectivity index (χ1v) is 6.64. The normalized spacial score (nSPS) is 10.2. The van der Waals surface area contributed by atoms with Crippen molar-refractivity contribution < 1.29 is 14.3 Å². The van der Waals surface area contributed by atoms with Crippen molar-refractivity contribution in [3.05, 3.63) is 29.3 Å². The molecule has 2 rings (SSSR count). The molecule has 0 atom stereocenters. The highest BCUT2D eigenvalue weighted by atomic mass is 16.5. The SMILES string of the molecule is CCOc1n[nH]c(NC(=O)COc2cccc(C)c2C)n1. The third-order valence-electron chi connectivity index (χ3n) is 2.91. The number of anilines is 1. The van der Waals surface area contributed by atoms with E-state index in [4.69, 9.17) is 9.47 Å². The molecule has 21 heavy (non-hydrogen) atoms. The minimum absolute atomic E-state index is 0.102. The number of carbonyl (C=O) groups excluding carboxylic acids is 1. The van der Waals surface area contributed by atoms with Crippen molar-refractivity contribution in [3.63, 3.8) is 0 Å². The smallest absolute Gasteiger partial charge is 0.337 e. The van der Waals surface area contributed by atoms with Crippen LogP contribution in [0.5, 0.6) is 11.8 Å². The molecule has 2 N–H and O–H groups in total. The van der Waals surface area contributed by atoms with Gasteiger partial charge >= 0.3 is 6.01 Å². The molecule has 112 valence electrons. The summed E-state index contributed by atoms with van der Waals surface area (Å²) < 4.78 is 10.6. The predicted octanol–water partition coefficient (Wildman–Crippen LogP) is 1.84. The lowest BCUT2D eigenvalue weighted by molar-refractivity contribution is -0.118. The van der Waals surface area contributed by atoms with Crippen LogP contribution >= 0.6 is 0 Å². The standard InChI is InChI=1S/C14H18N4O3/c1-4-20-14-16-13(17-18-14)15-12(19)8-21-11-7-5-6-9(2)10(11)3/h5-7H,4,8H2,1-3H3,(H2,15,16,17,18,19). The minimum Gasteiger partial charge on any atom is -0.483 e. The Kier molecular flexibility index (Phi) is 4.76. The van der Waals surface area contributed by atoms with Crippen molar-refractivity contribution in [2.24, 2.45) is 0 Å². The van der Waals surface area contributed by atoms with Crippen LogP contribution in [-0.2, 0) is 4.79 Å².